The maximum Gasteiger partial charge on any atom is 0.224 e. The fraction of sp³-hybridized carbons (Fsp3) is 0.548. The lowest BCUT2D eigenvalue weighted by atomic mass is 9.87. The maximum atomic E-state index is 10.8. The zero-order valence-electron chi connectivity index (χ0n) is 24.0. The number of hydrogen-bond donors (Lipinski definition) is 4. The van der Waals surface area contributed by atoms with Gasteiger partial charge in [-0.05, 0) is 58.4 Å². The molecule has 0 bridgehead atoms. The van der Waals surface area contributed by atoms with E-state index in [0.717, 1.165) is 16.7 Å². The number of hydrogen-bond acceptors (Lipinski definition) is 6. The molecule has 6 nitrogen and oxygen atoms in total. The van der Waals surface area contributed by atoms with Crippen LogP contribution < -0.4 is 0 Å². The molecule has 39 heavy (non-hydrogen) atoms. The Kier molecular flexibility index (Phi) is 10.5. The van der Waals surface area contributed by atoms with E-state index in [1.54, 1.807) is 18.2 Å². The van der Waals surface area contributed by atoms with E-state index in [1.807, 2.05) is 24.3 Å². The van der Waals surface area contributed by atoms with Crippen LogP contribution in [0.1, 0.15) is 63.8 Å². The SMILES string of the molecule is COC1(c2ccc(Cl)c(Cc3ccc(C#C[Si](C(C)C)(C(C)C)C(C)C)cc3)c2)O[C@H](CO)[C@@H](O)[C@H](O)[C@H]1O. The highest BCUT2D eigenvalue weighted by molar-refractivity contribution is 6.90. The van der Waals surface area contributed by atoms with Gasteiger partial charge < -0.3 is 29.9 Å². The third-order valence-corrected chi connectivity index (χ3v) is 15.0. The molecule has 1 saturated heterocycles. The highest BCUT2D eigenvalue weighted by Gasteiger charge is 2.55. The summed E-state index contributed by atoms with van der Waals surface area (Å²) in [6.07, 6.45) is -5.26. The van der Waals surface area contributed by atoms with Crippen molar-refractivity contribution in [1.82, 2.24) is 0 Å². The third kappa shape index (κ3) is 6.14. The van der Waals surface area contributed by atoms with E-state index in [9.17, 15) is 20.4 Å². The van der Waals surface area contributed by atoms with Gasteiger partial charge in [0.25, 0.3) is 0 Å². The van der Waals surface area contributed by atoms with Gasteiger partial charge in [-0.3, -0.25) is 0 Å². The Morgan fingerprint density at radius 3 is 2.05 bits per heavy atom. The number of ether oxygens (including phenoxy) is 2. The van der Waals surface area contributed by atoms with E-state index >= 15 is 0 Å². The molecule has 0 aromatic heterocycles. The van der Waals surface area contributed by atoms with Crippen LogP contribution in [0, 0.1) is 11.5 Å². The second-order valence-corrected chi connectivity index (χ2v) is 17.5. The molecule has 4 N–H and O–H groups in total. The lowest BCUT2D eigenvalue weighted by Gasteiger charge is -2.47. The van der Waals surface area contributed by atoms with Crippen molar-refractivity contribution in [3.8, 4) is 11.5 Å². The molecule has 8 heteroatoms. The van der Waals surface area contributed by atoms with Crippen molar-refractivity contribution in [2.45, 2.75) is 94.8 Å². The Balaban J connectivity index is 1.90. The molecular weight excluding hydrogens is 532 g/mol. The second-order valence-electron chi connectivity index (χ2n) is 11.5. The minimum Gasteiger partial charge on any atom is -0.394 e. The largest absolute Gasteiger partial charge is 0.394 e. The Bertz CT molecular complexity index is 1150. The predicted octanol–water partition coefficient (Wildman–Crippen LogP) is 4.77. The highest BCUT2D eigenvalue weighted by Crippen LogP contribution is 2.42. The van der Waals surface area contributed by atoms with Crippen LogP contribution in [0.4, 0.5) is 0 Å². The van der Waals surface area contributed by atoms with Gasteiger partial charge in [0.1, 0.15) is 32.5 Å². The van der Waals surface area contributed by atoms with Crippen molar-refractivity contribution in [1.29, 1.82) is 0 Å². The van der Waals surface area contributed by atoms with Crippen molar-refractivity contribution >= 4 is 19.7 Å². The molecule has 0 saturated carbocycles. The maximum absolute atomic E-state index is 10.8. The fourth-order valence-corrected chi connectivity index (χ4v) is 11.5. The number of aliphatic hydroxyl groups is 4. The molecule has 5 atom stereocenters. The summed E-state index contributed by atoms with van der Waals surface area (Å²) >= 11 is 6.55. The molecule has 0 amide bonds. The number of benzene rings is 2. The van der Waals surface area contributed by atoms with E-state index in [4.69, 9.17) is 21.1 Å². The lowest BCUT2D eigenvalue weighted by molar-refractivity contribution is -0.366. The molecular formula is C31H43ClO6Si. The van der Waals surface area contributed by atoms with Crippen LogP contribution in [0.15, 0.2) is 42.5 Å². The molecule has 2 aromatic carbocycles. The van der Waals surface area contributed by atoms with Gasteiger partial charge in [0.15, 0.2) is 0 Å². The van der Waals surface area contributed by atoms with Gasteiger partial charge in [0.05, 0.1) is 6.61 Å². The van der Waals surface area contributed by atoms with Crippen molar-refractivity contribution in [3.63, 3.8) is 0 Å². The molecule has 0 radical (unpaired) electrons. The van der Waals surface area contributed by atoms with Gasteiger partial charge in [-0.25, -0.2) is 0 Å². The van der Waals surface area contributed by atoms with Crippen LogP contribution in [-0.4, -0.2) is 66.6 Å². The summed E-state index contributed by atoms with van der Waals surface area (Å²) < 4.78 is 11.4. The summed E-state index contributed by atoms with van der Waals surface area (Å²) in [6, 6.07) is 13.2. The first-order valence-corrected chi connectivity index (χ1v) is 16.2. The van der Waals surface area contributed by atoms with Crippen molar-refractivity contribution < 1.29 is 29.9 Å². The predicted molar refractivity (Wildman–Crippen MR) is 157 cm³/mol. The fourth-order valence-electron chi connectivity index (χ4n) is 6.13. The van der Waals surface area contributed by atoms with Gasteiger partial charge in [0.2, 0.25) is 5.79 Å². The Labute approximate surface area is 239 Å². The van der Waals surface area contributed by atoms with E-state index in [2.05, 4.69) is 53.0 Å². The molecule has 2 aromatic rings. The topological polar surface area (TPSA) is 99.4 Å². The number of aliphatic hydroxyl groups excluding tert-OH is 4. The molecule has 3 rings (SSSR count). The van der Waals surface area contributed by atoms with E-state index in [0.29, 0.717) is 33.6 Å². The van der Waals surface area contributed by atoms with Crippen LogP contribution in [-0.2, 0) is 21.7 Å². The second kappa shape index (κ2) is 12.8. The van der Waals surface area contributed by atoms with Crippen LogP contribution in [0.2, 0.25) is 21.6 Å². The average Bonchev–Trinajstić information content (AvgIpc) is 2.90. The van der Waals surface area contributed by atoms with Crippen molar-refractivity contribution in [3.05, 3.63) is 69.7 Å². The molecule has 1 unspecified atom stereocenters. The summed E-state index contributed by atoms with van der Waals surface area (Å²) in [5.41, 5.74) is 8.66. The quantitative estimate of drug-likeness (QED) is 0.268. The van der Waals surface area contributed by atoms with E-state index in [-0.39, 0.29) is 0 Å². The van der Waals surface area contributed by atoms with Crippen LogP contribution >= 0.6 is 11.6 Å². The summed E-state index contributed by atoms with van der Waals surface area (Å²) in [7, 11) is -0.482. The third-order valence-electron chi connectivity index (χ3n) is 8.34. The van der Waals surface area contributed by atoms with Crippen LogP contribution in [0.25, 0.3) is 0 Å². The first-order valence-electron chi connectivity index (χ1n) is 13.6. The van der Waals surface area contributed by atoms with Crippen LogP contribution in [0.5, 0.6) is 0 Å². The van der Waals surface area contributed by atoms with Gasteiger partial charge in [0, 0.05) is 23.3 Å². The zero-order chi connectivity index (χ0) is 29.1. The average molecular weight is 575 g/mol. The Morgan fingerprint density at radius 2 is 1.54 bits per heavy atom. The van der Waals surface area contributed by atoms with Crippen molar-refractivity contribution in [2.75, 3.05) is 13.7 Å². The summed E-state index contributed by atoms with van der Waals surface area (Å²) in [6.45, 7) is 13.3. The Hall–Kier alpha value is -1.73. The summed E-state index contributed by atoms with van der Waals surface area (Å²) in [5.74, 6) is 1.69. The molecule has 1 aliphatic heterocycles. The van der Waals surface area contributed by atoms with E-state index < -0.39 is 44.9 Å². The van der Waals surface area contributed by atoms with E-state index in [1.165, 1.54) is 7.11 Å². The molecule has 0 spiro atoms. The molecule has 1 aliphatic rings. The minimum atomic E-state index is -1.82. The smallest absolute Gasteiger partial charge is 0.224 e. The molecule has 1 fully saturated rings. The first kappa shape index (κ1) is 31.8. The number of methoxy groups -OCH3 is 1. The number of rotatable bonds is 8. The highest BCUT2D eigenvalue weighted by atomic mass is 35.5. The number of halogens is 1. The monoisotopic (exact) mass is 574 g/mol. The molecule has 1 heterocycles. The van der Waals surface area contributed by atoms with Gasteiger partial charge in [-0.15, -0.1) is 5.54 Å². The molecule has 0 aliphatic carbocycles. The van der Waals surface area contributed by atoms with Gasteiger partial charge in [-0.2, -0.15) is 0 Å². The zero-order valence-corrected chi connectivity index (χ0v) is 25.7. The van der Waals surface area contributed by atoms with Gasteiger partial charge >= 0.3 is 0 Å². The first-order chi connectivity index (χ1) is 18.3. The normalized spacial score (nSPS) is 25.7. The minimum absolute atomic E-state index is 0.418. The Morgan fingerprint density at radius 1 is 0.949 bits per heavy atom. The van der Waals surface area contributed by atoms with Crippen LogP contribution in [0.3, 0.4) is 0 Å². The van der Waals surface area contributed by atoms with Crippen molar-refractivity contribution in [2.24, 2.45) is 0 Å². The summed E-state index contributed by atoms with van der Waals surface area (Å²) in [4.78, 5) is 0. The van der Waals surface area contributed by atoms with Gasteiger partial charge in [-0.1, -0.05) is 77.3 Å². The molecule has 214 valence electrons. The standard InChI is InChI=1S/C31H43ClO6Si/c1-19(2)39(20(3)4,21(5)6)15-14-22-8-10-23(11-9-22)16-24-17-25(12-13-26(24)32)31(37-7)30(36)29(35)28(34)27(18-33)38-31/h8-13,17,19-21,27-30,33-36H,16,18H2,1-7H3/t27-,28-,29+,30-,31?/m1/s1. The summed E-state index contributed by atoms with van der Waals surface area (Å²) in [5, 5.41) is 41.6. The lowest BCUT2D eigenvalue weighted by Crippen LogP contribution is -2.64.